The van der Waals surface area contributed by atoms with Crippen LogP contribution in [0.1, 0.15) is 18.4 Å². The van der Waals surface area contributed by atoms with Crippen molar-refractivity contribution in [3.63, 3.8) is 0 Å². The summed E-state index contributed by atoms with van der Waals surface area (Å²) in [5.74, 6) is 0.953. The number of benzene rings is 1. The van der Waals surface area contributed by atoms with Crippen molar-refractivity contribution in [1.29, 1.82) is 0 Å². The van der Waals surface area contributed by atoms with Crippen LogP contribution in [0.4, 0.5) is 0 Å². The first-order valence-electron chi connectivity index (χ1n) is 7.04. The van der Waals surface area contributed by atoms with E-state index in [0.717, 1.165) is 38.0 Å². The lowest BCUT2D eigenvalue weighted by Crippen LogP contribution is -2.30. The fourth-order valence-corrected chi connectivity index (χ4v) is 2.22. The SMILES string of the molecule is C=CCN(CCOc1ccc(CNC)cc1)C1CC1. The predicted molar refractivity (Wildman–Crippen MR) is 79.5 cm³/mol. The van der Waals surface area contributed by atoms with Crippen LogP contribution in [0.2, 0.25) is 0 Å². The van der Waals surface area contributed by atoms with Gasteiger partial charge in [-0.1, -0.05) is 18.2 Å². The molecule has 0 amide bonds. The molecule has 0 aromatic heterocycles. The highest BCUT2D eigenvalue weighted by Crippen LogP contribution is 2.26. The fraction of sp³-hybridized carbons (Fsp3) is 0.500. The molecule has 104 valence electrons. The minimum absolute atomic E-state index is 0.746. The molecule has 1 N–H and O–H groups in total. The first-order valence-corrected chi connectivity index (χ1v) is 7.04. The topological polar surface area (TPSA) is 24.5 Å². The molecule has 3 nitrogen and oxygen atoms in total. The lowest BCUT2D eigenvalue weighted by molar-refractivity contribution is 0.216. The first kappa shape index (κ1) is 14.1. The van der Waals surface area contributed by atoms with E-state index in [-0.39, 0.29) is 0 Å². The Balaban J connectivity index is 1.73. The maximum absolute atomic E-state index is 5.80. The quantitative estimate of drug-likeness (QED) is 0.690. The van der Waals surface area contributed by atoms with Crippen LogP contribution in [0.25, 0.3) is 0 Å². The van der Waals surface area contributed by atoms with E-state index in [2.05, 4.69) is 28.9 Å². The molecular weight excluding hydrogens is 236 g/mol. The number of nitrogens with zero attached hydrogens (tertiary/aromatic N) is 1. The lowest BCUT2D eigenvalue weighted by atomic mass is 10.2. The molecule has 2 rings (SSSR count). The molecule has 1 fully saturated rings. The molecule has 1 aliphatic carbocycles. The second kappa shape index (κ2) is 7.31. The van der Waals surface area contributed by atoms with Crippen LogP contribution >= 0.6 is 0 Å². The van der Waals surface area contributed by atoms with Crippen LogP contribution in [-0.4, -0.2) is 37.7 Å². The Bertz CT molecular complexity index is 384. The van der Waals surface area contributed by atoms with Crippen molar-refractivity contribution in [2.45, 2.75) is 25.4 Å². The highest BCUT2D eigenvalue weighted by molar-refractivity contribution is 5.27. The summed E-state index contributed by atoms with van der Waals surface area (Å²) in [6, 6.07) is 9.06. The van der Waals surface area contributed by atoms with E-state index in [9.17, 15) is 0 Å². The molecule has 1 aromatic carbocycles. The van der Waals surface area contributed by atoms with E-state index in [0.29, 0.717) is 0 Å². The summed E-state index contributed by atoms with van der Waals surface area (Å²) in [5.41, 5.74) is 1.28. The zero-order valence-electron chi connectivity index (χ0n) is 11.8. The third kappa shape index (κ3) is 4.69. The molecular formula is C16H24N2O. The van der Waals surface area contributed by atoms with Gasteiger partial charge in [-0.05, 0) is 37.6 Å². The number of nitrogens with one attached hydrogen (secondary N) is 1. The van der Waals surface area contributed by atoms with Crippen LogP contribution < -0.4 is 10.1 Å². The van der Waals surface area contributed by atoms with Gasteiger partial charge in [0.25, 0.3) is 0 Å². The Morgan fingerprint density at radius 1 is 1.37 bits per heavy atom. The Morgan fingerprint density at radius 3 is 2.68 bits per heavy atom. The highest BCUT2D eigenvalue weighted by Gasteiger charge is 2.27. The maximum Gasteiger partial charge on any atom is 0.119 e. The highest BCUT2D eigenvalue weighted by atomic mass is 16.5. The average molecular weight is 260 g/mol. The summed E-state index contributed by atoms with van der Waals surface area (Å²) >= 11 is 0. The van der Waals surface area contributed by atoms with Crippen molar-refractivity contribution in [3.05, 3.63) is 42.5 Å². The molecule has 0 aliphatic heterocycles. The van der Waals surface area contributed by atoms with Crippen molar-refractivity contribution in [3.8, 4) is 5.75 Å². The molecule has 1 saturated carbocycles. The van der Waals surface area contributed by atoms with Gasteiger partial charge in [-0.2, -0.15) is 0 Å². The van der Waals surface area contributed by atoms with Crippen molar-refractivity contribution in [1.82, 2.24) is 10.2 Å². The number of hydrogen-bond donors (Lipinski definition) is 1. The van der Waals surface area contributed by atoms with Gasteiger partial charge in [0.1, 0.15) is 12.4 Å². The molecule has 1 aromatic rings. The normalized spacial score (nSPS) is 14.6. The van der Waals surface area contributed by atoms with Gasteiger partial charge in [0, 0.05) is 25.7 Å². The van der Waals surface area contributed by atoms with Gasteiger partial charge in [0.15, 0.2) is 0 Å². The molecule has 0 atom stereocenters. The third-order valence-electron chi connectivity index (χ3n) is 3.38. The zero-order chi connectivity index (χ0) is 13.5. The van der Waals surface area contributed by atoms with Crippen molar-refractivity contribution < 1.29 is 4.74 Å². The second-order valence-electron chi connectivity index (χ2n) is 5.04. The summed E-state index contributed by atoms with van der Waals surface area (Å²) in [6.07, 6.45) is 4.63. The molecule has 0 unspecified atom stereocenters. The molecule has 3 heteroatoms. The van der Waals surface area contributed by atoms with Crippen LogP contribution in [0.3, 0.4) is 0 Å². The van der Waals surface area contributed by atoms with Crippen molar-refractivity contribution in [2.24, 2.45) is 0 Å². The molecule has 1 aliphatic rings. The van der Waals surface area contributed by atoms with Gasteiger partial charge in [-0.25, -0.2) is 0 Å². The van der Waals surface area contributed by atoms with Crippen molar-refractivity contribution in [2.75, 3.05) is 26.7 Å². The van der Waals surface area contributed by atoms with Gasteiger partial charge < -0.3 is 10.1 Å². The molecule has 0 bridgehead atoms. The molecule has 0 saturated heterocycles. The fourth-order valence-electron chi connectivity index (χ4n) is 2.22. The van der Waals surface area contributed by atoms with Gasteiger partial charge in [0.05, 0.1) is 0 Å². The van der Waals surface area contributed by atoms with E-state index >= 15 is 0 Å². The third-order valence-corrected chi connectivity index (χ3v) is 3.38. The van der Waals surface area contributed by atoms with E-state index in [1.165, 1.54) is 18.4 Å². The summed E-state index contributed by atoms with van der Waals surface area (Å²) in [7, 11) is 1.95. The summed E-state index contributed by atoms with van der Waals surface area (Å²) in [6.45, 7) is 7.41. The molecule has 0 radical (unpaired) electrons. The van der Waals surface area contributed by atoms with Gasteiger partial charge >= 0.3 is 0 Å². The van der Waals surface area contributed by atoms with Crippen LogP contribution in [-0.2, 0) is 6.54 Å². The molecule has 0 heterocycles. The largest absolute Gasteiger partial charge is 0.492 e. The lowest BCUT2D eigenvalue weighted by Gasteiger charge is -2.20. The number of ether oxygens (including phenoxy) is 1. The molecule has 0 spiro atoms. The van der Waals surface area contributed by atoms with Crippen molar-refractivity contribution >= 4 is 0 Å². The van der Waals surface area contributed by atoms with Gasteiger partial charge in [-0.15, -0.1) is 6.58 Å². The van der Waals surface area contributed by atoms with E-state index in [1.54, 1.807) is 0 Å². The monoisotopic (exact) mass is 260 g/mol. The van der Waals surface area contributed by atoms with Gasteiger partial charge in [0.2, 0.25) is 0 Å². The Hall–Kier alpha value is -1.32. The standard InChI is InChI=1S/C16H24N2O/c1-3-10-18(15-6-7-15)11-12-19-16-8-4-14(5-9-16)13-17-2/h3-5,8-9,15,17H,1,6-7,10-13H2,2H3. The van der Waals surface area contributed by atoms with Crippen LogP contribution in [0, 0.1) is 0 Å². The Kier molecular flexibility index (Phi) is 5.43. The minimum atomic E-state index is 0.746. The van der Waals surface area contributed by atoms with E-state index in [4.69, 9.17) is 4.74 Å². The van der Waals surface area contributed by atoms with Crippen LogP contribution in [0.15, 0.2) is 36.9 Å². The summed E-state index contributed by atoms with van der Waals surface area (Å²) in [5, 5.41) is 3.14. The number of rotatable bonds is 9. The minimum Gasteiger partial charge on any atom is -0.492 e. The number of hydrogen-bond acceptors (Lipinski definition) is 3. The predicted octanol–water partition coefficient (Wildman–Crippen LogP) is 2.44. The first-order chi connectivity index (χ1) is 9.33. The molecule has 19 heavy (non-hydrogen) atoms. The smallest absolute Gasteiger partial charge is 0.119 e. The van der Waals surface area contributed by atoms with E-state index < -0.39 is 0 Å². The summed E-state index contributed by atoms with van der Waals surface area (Å²) in [4.78, 5) is 2.45. The zero-order valence-corrected chi connectivity index (χ0v) is 11.8. The maximum atomic E-state index is 5.80. The average Bonchev–Trinajstić information content (AvgIpc) is 3.24. The summed E-state index contributed by atoms with van der Waals surface area (Å²) < 4.78 is 5.80. The van der Waals surface area contributed by atoms with Crippen LogP contribution in [0.5, 0.6) is 5.75 Å². The van der Waals surface area contributed by atoms with E-state index in [1.807, 2.05) is 25.3 Å². The Morgan fingerprint density at radius 2 is 2.11 bits per heavy atom. The van der Waals surface area contributed by atoms with Gasteiger partial charge in [-0.3, -0.25) is 4.90 Å². The second-order valence-corrected chi connectivity index (χ2v) is 5.04. The Labute approximate surface area is 116 Å².